The summed E-state index contributed by atoms with van der Waals surface area (Å²) in [6.45, 7) is 0. The maximum atomic E-state index is 8.92. The third-order valence-corrected chi connectivity index (χ3v) is 3.26. The van der Waals surface area contributed by atoms with Gasteiger partial charge < -0.3 is 5.73 Å². The molecule has 2 nitrogen and oxygen atoms in total. The van der Waals surface area contributed by atoms with Gasteiger partial charge in [0.1, 0.15) is 11.1 Å². The zero-order valence-electron chi connectivity index (χ0n) is 10.5. The molecule has 2 aromatic carbocycles. The van der Waals surface area contributed by atoms with Gasteiger partial charge in [-0.25, -0.2) is 0 Å². The maximum Gasteiger partial charge on any atom is 0.114 e. The summed E-state index contributed by atoms with van der Waals surface area (Å²) in [5, 5.41) is 9.63. The Morgan fingerprint density at radius 3 is 2.00 bits per heavy atom. The molecule has 0 saturated heterocycles. The number of halogens is 1. The van der Waals surface area contributed by atoms with Gasteiger partial charge in [0, 0.05) is 5.02 Å². The predicted molar refractivity (Wildman–Crippen MR) is 87.3 cm³/mol. The fourth-order valence-electron chi connectivity index (χ4n) is 1.74. The van der Waals surface area contributed by atoms with Crippen LogP contribution >= 0.6 is 23.8 Å². The van der Waals surface area contributed by atoms with Gasteiger partial charge in [-0.05, 0) is 34.9 Å². The highest BCUT2D eigenvalue weighted by Crippen LogP contribution is 2.22. The standard InChI is InChI=1S/C16H11ClN2S/c17-15-7-5-13(6-8-15)12-3-1-11(2-4-12)9-14(10-18)16(19)20/h1-9H,(H2,19,20). The van der Waals surface area contributed by atoms with Crippen LogP contribution in [0.5, 0.6) is 0 Å². The molecule has 0 heterocycles. The van der Waals surface area contributed by atoms with Gasteiger partial charge in [0.2, 0.25) is 0 Å². The highest BCUT2D eigenvalue weighted by Gasteiger charge is 2.01. The van der Waals surface area contributed by atoms with E-state index in [1.54, 1.807) is 6.08 Å². The number of hydrogen-bond donors (Lipinski definition) is 1. The first kappa shape index (κ1) is 14.3. The minimum atomic E-state index is 0.106. The Hall–Kier alpha value is -2.15. The lowest BCUT2D eigenvalue weighted by Gasteiger charge is -2.03. The van der Waals surface area contributed by atoms with E-state index in [4.69, 9.17) is 34.8 Å². The summed E-state index contributed by atoms with van der Waals surface area (Å²) in [5.74, 6) is 0. The molecule has 0 radical (unpaired) electrons. The number of hydrogen-bond acceptors (Lipinski definition) is 2. The molecule has 0 amide bonds. The SMILES string of the molecule is N#CC(=Cc1ccc(-c2ccc(Cl)cc2)cc1)C(N)=S. The molecule has 0 spiro atoms. The maximum absolute atomic E-state index is 8.92. The molecule has 0 aromatic heterocycles. The molecule has 98 valence electrons. The number of nitriles is 1. The Morgan fingerprint density at radius 1 is 1.05 bits per heavy atom. The van der Waals surface area contributed by atoms with E-state index >= 15 is 0 Å². The number of rotatable bonds is 3. The number of benzene rings is 2. The number of nitrogens with zero attached hydrogens (tertiary/aromatic N) is 1. The molecule has 0 fully saturated rings. The fourth-order valence-corrected chi connectivity index (χ4v) is 1.97. The fraction of sp³-hybridized carbons (Fsp3) is 0. The molecule has 4 heteroatoms. The molecule has 0 aliphatic rings. The molecule has 0 saturated carbocycles. The first-order chi connectivity index (χ1) is 9.60. The second kappa shape index (κ2) is 6.33. The minimum Gasteiger partial charge on any atom is -0.389 e. The van der Waals surface area contributed by atoms with Crippen LogP contribution in [-0.2, 0) is 0 Å². The van der Waals surface area contributed by atoms with Crippen molar-refractivity contribution in [1.29, 1.82) is 5.26 Å². The van der Waals surface area contributed by atoms with Crippen LogP contribution in [0.3, 0.4) is 0 Å². The summed E-state index contributed by atoms with van der Waals surface area (Å²) in [6, 6.07) is 17.4. The Balaban J connectivity index is 2.29. The van der Waals surface area contributed by atoms with E-state index in [0.717, 1.165) is 16.7 Å². The second-order valence-electron chi connectivity index (χ2n) is 4.16. The molecule has 0 aliphatic heterocycles. The number of nitrogens with two attached hydrogens (primary N) is 1. The van der Waals surface area contributed by atoms with Crippen molar-refractivity contribution in [2.75, 3.05) is 0 Å². The van der Waals surface area contributed by atoms with Gasteiger partial charge in [0.15, 0.2) is 0 Å². The van der Waals surface area contributed by atoms with E-state index in [1.165, 1.54) is 0 Å². The Kier molecular flexibility index (Phi) is 4.52. The summed E-state index contributed by atoms with van der Waals surface area (Å²) in [5.41, 5.74) is 8.80. The molecule has 2 aromatic rings. The van der Waals surface area contributed by atoms with Gasteiger partial charge in [-0.15, -0.1) is 0 Å². The second-order valence-corrected chi connectivity index (χ2v) is 5.04. The minimum absolute atomic E-state index is 0.106. The van der Waals surface area contributed by atoms with Gasteiger partial charge in [-0.2, -0.15) is 5.26 Å². The molecule has 0 aliphatic carbocycles. The van der Waals surface area contributed by atoms with Gasteiger partial charge in [0.05, 0.1) is 5.57 Å². The predicted octanol–water partition coefficient (Wildman–Crippen LogP) is 4.20. The lowest BCUT2D eigenvalue weighted by Crippen LogP contribution is -2.09. The van der Waals surface area contributed by atoms with Crippen LogP contribution < -0.4 is 5.73 Å². The average molecular weight is 299 g/mol. The molecular formula is C16H11ClN2S. The largest absolute Gasteiger partial charge is 0.389 e. The van der Waals surface area contributed by atoms with Crippen LogP contribution in [0, 0.1) is 11.3 Å². The Bertz CT molecular complexity index is 695. The monoisotopic (exact) mass is 298 g/mol. The van der Waals surface area contributed by atoms with Gasteiger partial charge in [-0.3, -0.25) is 0 Å². The summed E-state index contributed by atoms with van der Waals surface area (Å²) >= 11 is 10.7. The molecule has 0 unspecified atom stereocenters. The quantitative estimate of drug-likeness (QED) is 0.525. The van der Waals surface area contributed by atoms with Crippen molar-refractivity contribution in [2.45, 2.75) is 0 Å². The van der Waals surface area contributed by atoms with Gasteiger partial charge >= 0.3 is 0 Å². The van der Waals surface area contributed by atoms with E-state index in [2.05, 4.69) is 0 Å². The van der Waals surface area contributed by atoms with Crippen LogP contribution in [0.2, 0.25) is 5.02 Å². The summed E-state index contributed by atoms with van der Waals surface area (Å²) < 4.78 is 0. The summed E-state index contributed by atoms with van der Waals surface area (Å²) in [4.78, 5) is 0.106. The van der Waals surface area contributed by atoms with Crippen molar-refractivity contribution in [3.05, 3.63) is 64.7 Å². The zero-order chi connectivity index (χ0) is 14.5. The van der Waals surface area contributed by atoms with Crippen LogP contribution in [0.25, 0.3) is 17.2 Å². The van der Waals surface area contributed by atoms with Crippen molar-refractivity contribution in [3.8, 4) is 17.2 Å². The van der Waals surface area contributed by atoms with Crippen molar-refractivity contribution in [2.24, 2.45) is 5.73 Å². The number of thiocarbonyl (C=S) groups is 1. The van der Waals surface area contributed by atoms with Crippen LogP contribution in [0.4, 0.5) is 0 Å². The normalized spacial score (nSPS) is 10.9. The highest BCUT2D eigenvalue weighted by molar-refractivity contribution is 7.80. The third-order valence-electron chi connectivity index (χ3n) is 2.79. The average Bonchev–Trinajstić information content (AvgIpc) is 2.46. The van der Waals surface area contributed by atoms with Gasteiger partial charge in [0.25, 0.3) is 0 Å². The molecule has 20 heavy (non-hydrogen) atoms. The van der Waals surface area contributed by atoms with Crippen molar-refractivity contribution in [1.82, 2.24) is 0 Å². The van der Waals surface area contributed by atoms with Crippen molar-refractivity contribution >= 4 is 34.9 Å². The van der Waals surface area contributed by atoms with Crippen molar-refractivity contribution in [3.63, 3.8) is 0 Å². The van der Waals surface area contributed by atoms with Crippen molar-refractivity contribution < 1.29 is 0 Å². The lowest BCUT2D eigenvalue weighted by atomic mass is 10.0. The van der Waals surface area contributed by atoms with Crippen LogP contribution in [0.1, 0.15) is 5.56 Å². The molecular weight excluding hydrogens is 288 g/mol. The highest BCUT2D eigenvalue weighted by atomic mass is 35.5. The lowest BCUT2D eigenvalue weighted by molar-refractivity contribution is 1.51. The van der Waals surface area contributed by atoms with Crippen LogP contribution in [-0.4, -0.2) is 4.99 Å². The van der Waals surface area contributed by atoms with Gasteiger partial charge in [-0.1, -0.05) is 60.2 Å². The van der Waals surface area contributed by atoms with E-state index < -0.39 is 0 Å². The van der Waals surface area contributed by atoms with E-state index in [-0.39, 0.29) is 4.99 Å². The van der Waals surface area contributed by atoms with E-state index in [0.29, 0.717) is 10.6 Å². The van der Waals surface area contributed by atoms with E-state index in [9.17, 15) is 0 Å². The third kappa shape index (κ3) is 3.45. The molecule has 2 rings (SSSR count). The van der Waals surface area contributed by atoms with E-state index in [1.807, 2.05) is 54.6 Å². The Morgan fingerprint density at radius 2 is 1.55 bits per heavy atom. The summed E-state index contributed by atoms with van der Waals surface area (Å²) in [6.07, 6.45) is 1.67. The first-order valence-corrected chi connectivity index (χ1v) is 6.66. The molecule has 2 N–H and O–H groups in total. The topological polar surface area (TPSA) is 49.8 Å². The Labute approximate surface area is 128 Å². The smallest absolute Gasteiger partial charge is 0.114 e. The van der Waals surface area contributed by atoms with Crippen LogP contribution in [0.15, 0.2) is 54.1 Å². The summed E-state index contributed by atoms with van der Waals surface area (Å²) in [7, 11) is 0. The first-order valence-electron chi connectivity index (χ1n) is 5.88. The molecule has 0 atom stereocenters. The molecule has 0 bridgehead atoms. The zero-order valence-corrected chi connectivity index (χ0v) is 12.1.